The van der Waals surface area contributed by atoms with Gasteiger partial charge in [-0.25, -0.2) is 0 Å². The monoisotopic (exact) mass is 289 g/mol. The Hall–Kier alpha value is -1.35. The first-order chi connectivity index (χ1) is 10.1. The summed E-state index contributed by atoms with van der Waals surface area (Å²) in [4.78, 5) is 12.0. The third-order valence-corrected chi connectivity index (χ3v) is 4.21. The molecular weight excluding hydrogens is 262 g/mol. The van der Waals surface area contributed by atoms with Crippen LogP contribution in [0.2, 0.25) is 0 Å². The number of aryl methyl sites for hydroxylation is 1. The maximum Gasteiger partial charge on any atom is 0.322 e. The van der Waals surface area contributed by atoms with Crippen LogP contribution in [0.4, 0.5) is 0 Å². The summed E-state index contributed by atoms with van der Waals surface area (Å²) in [5, 5.41) is 3.56. The standard InChI is InChI=1S/C18H27NO2/c1-13(2)12-17(18(20)21-3)19-16-11-7-5-9-14-8-4-6-10-15(14)16/h4,6,8,10,13,16-17,19H,5,7,9,11-12H2,1-3H3. The minimum atomic E-state index is -0.217. The molecule has 3 heteroatoms. The molecule has 0 spiro atoms. The van der Waals surface area contributed by atoms with Gasteiger partial charge in [0.25, 0.3) is 0 Å². The molecule has 0 fully saturated rings. The molecule has 0 heterocycles. The molecule has 0 radical (unpaired) electrons. The van der Waals surface area contributed by atoms with Crippen LogP contribution in [0, 0.1) is 5.92 Å². The summed E-state index contributed by atoms with van der Waals surface area (Å²) in [6, 6.07) is 8.65. The van der Waals surface area contributed by atoms with E-state index in [1.165, 1.54) is 31.1 Å². The van der Waals surface area contributed by atoms with Gasteiger partial charge in [-0.1, -0.05) is 44.5 Å². The maximum absolute atomic E-state index is 12.0. The smallest absolute Gasteiger partial charge is 0.322 e. The van der Waals surface area contributed by atoms with E-state index in [1.54, 1.807) is 0 Å². The van der Waals surface area contributed by atoms with Gasteiger partial charge in [0.05, 0.1) is 7.11 Å². The fourth-order valence-electron chi connectivity index (χ4n) is 3.18. The van der Waals surface area contributed by atoms with E-state index in [2.05, 4.69) is 43.4 Å². The Morgan fingerprint density at radius 1 is 1.33 bits per heavy atom. The Labute approximate surface area is 128 Å². The van der Waals surface area contributed by atoms with E-state index in [4.69, 9.17) is 4.74 Å². The number of nitrogens with one attached hydrogen (secondary N) is 1. The largest absolute Gasteiger partial charge is 0.468 e. The first-order valence-corrected chi connectivity index (χ1v) is 8.03. The van der Waals surface area contributed by atoms with Gasteiger partial charge in [0.2, 0.25) is 0 Å². The van der Waals surface area contributed by atoms with Crippen LogP contribution in [-0.2, 0) is 16.0 Å². The Kier molecular flexibility index (Phi) is 5.80. The lowest BCUT2D eigenvalue weighted by molar-refractivity contribution is -0.143. The highest BCUT2D eigenvalue weighted by Gasteiger charge is 2.26. The lowest BCUT2D eigenvalue weighted by Gasteiger charge is -2.26. The van der Waals surface area contributed by atoms with Crippen molar-refractivity contribution in [1.82, 2.24) is 5.32 Å². The van der Waals surface area contributed by atoms with Crippen LogP contribution in [0.25, 0.3) is 0 Å². The summed E-state index contributed by atoms with van der Waals surface area (Å²) >= 11 is 0. The first-order valence-electron chi connectivity index (χ1n) is 8.03. The van der Waals surface area contributed by atoms with Crippen LogP contribution in [0.15, 0.2) is 24.3 Å². The normalized spacial score (nSPS) is 19.7. The van der Waals surface area contributed by atoms with Crippen molar-refractivity contribution in [2.24, 2.45) is 5.92 Å². The predicted octanol–water partition coefficient (Wildman–Crippen LogP) is 3.63. The topological polar surface area (TPSA) is 38.3 Å². The number of fused-ring (bicyclic) bond motifs is 1. The summed E-state index contributed by atoms with van der Waals surface area (Å²) in [6.45, 7) is 4.28. The van der Waals surface area contributed by atoms with Crippen molar-refractivity contribution in [3.63, 3.8) is 0 Å². The molecule has 2 atom stereocenters. The fourth-order valence-corrected chi connectivity index (χ4v) is 3.18. The van der Waals surface area contributed by atoms with E-state index in [0.717, 1.165) is 19.3 Å². The molecule has 1 aliphatic carbocycles. The molecule has 21 heavy (non-hydrogen) atoms. The minimum Gasteiger partial charge on any atom is -0.468 e. The molecule has 0 saturated heterocycles. The van der Waals surface area contributed by atoms with Gasteiger partial charge in [-0.15, -0.1) is 0 Å². The Balaban J connectivity index is 2.17. The number of carbonyl (C=O) groups excluding carboxylic acids is 1. The van der Waals surface area contributed by atoms with Crippen molar-refractivity contribution in [2.75, 3.05) is 7.11 Å². The fraction of sp³-hybridized carbons (Fsp3) is 0.611. The third-order valence-electron chi connectivity index (χ3n) is 4.21. The van der Waals surface area contributed by atoms with Crippen LogP contribution in [0.3, 0.4) is 0 Å². The highest BCUT2D eigenvalue weighted by atomic mass is 16.5. The van der Waals surface area contributed by atoms with E-state index < -0.39 is 0 Å². The molecule has 2 rings (SSSR count). The van der Waals surface area contributed by atoms with Crippen LogP contribution in [0.5, 0.6) is 0 Å². The molecule has 0 aliphatic heterocycles. The van der Waals surface area contributed by atoms with Crippen LogP contribution < -0.4 is 5.32 Å². The lowest BCUT2D eigenvalue weighted by Crippen LogP contribution is -2.41. The molecule has 0 aromatic heterocycles. The molecule has 2 unspecified atom stereocenters. The van der Waals surface area contributed by atoms with E-state index >= 15 is 0 Å². The van der Waals surface area contributed by atoms with Gasteiger partial charge < -0.3 is 4.74 Å². The molecule has 1 aromatic carbocycles. The van der Waals surface area contributed by atoms with Gasteiger partial charge in [0.15, 0.2) is 0 Å². The molecule has 1 N–H and O–H groups in total. The van der Waals surface area contributed by atoms with Gasteiger partial charge in [-0.3, -0.25) is 10.1 Å². The van der Waals surface area contributed by atoms with Gasteiger partial charge >= 0.3 is 5.97 Å². The summed E-state index contributed by atoms with van der Waals surface area (Å²) < 4.78 is 4.97. The predicted molar refractivity (Wildman–Crippen MR) is 85.1 cm³/mol. The van der Waals surface area contributed by atoms with Gasteiger partial charge in [0.1, 0.15) is 6.04 Å². The third kappa shape index (κ3) is 4.31. The summed E-state index contributed by atoms with van der Waals surface area (Å²) in [6.07, 6.45) is 5.46. The van der Waals surface area contributed by atoms with Gasteiger partial charge in [-0.2, -0.15) is 0 Å². The SMILES string of the molecule is COC(=O)C(CC(C)C)NC1CCCCc2ccccc21. The number of ether oxygens (including phenoxy) is 1. The number of esters is 1. The lowest BCUT2D eigenvalue weighted by atomic mass is 9.96. The zero-order chi connectivity index (χ0) is 15.2. The van der Waals surface area contributed by atoms with Crippen molar-refractivity contribution in [3.8, 4) is 0 Å². The average molecular weight is 289 g/mol. The molecule has 3 nitrogen and oxygen atoms in total. The molecule has 1 aromatic rings. The van der Waals surface area contributed by atoms with E-state index in [1.807, 2.05) is 0 Å². The first kappa shape index (κ1) is 16.0. The molecular formula is C18H27NO2. The second kappa shape index (κ2) is 7.60. The zero-order valence-corrected chi connectivity index (χ0v) is 13.4. The molecule has 1 aliphatic rings. The number of carbonyl (C=O) groups is 1. The highest BCUT2D eigenvalue weighted by molar-refractivity contribution is 5.75. The van der Waals surface area contributed by atoms with Crippen molar-refractivity contribution in [2.45, 2.75) is 58.0 Å². The summed E-state index contributed by atoms with van der Waals surface area (Å²) in [7, 11) is 1.47. The number of hydrogen-bond donors (Lipinski definition) is 1. The maximum atomic E-state index is 12.0. The number of benzene rings is 1. The number of methoxy groups -OCH3 is 1. The van der Waals surface area contributed by atoms with Gasteiger partial charge in [0, 0.05) is 6.04 Å². The van der Waals surface area contributed by atoms with Crippen molar-refractivity contribution >= 4 is 5.97 Å². The van der Waals surface area contributed by atoms with Crippen LogP contribution in [0.1, 0.15) is 56.7 Å². The molecule has 116 valence electrons. The summed E-state index contributed by atoms with van der Waals surface area (Å²) in [5.41, 5.74) is 2.77. The molecule has 0 bridgehead atoms. The molecule has 0 saturated carbocycles. The molecule has 0 amide bonds. The highest BCUT2D eigenvalue weighted by Crippen LogP contribution is 2.29. The Morgan fingerprint density at radius 2 is 2.10 bits per heavy atom. The van der Waals surface area contributed by atoms with E-state index in [0.29, 0.717) is 5.92 Å². The number of hydrogen-bond acceptors (Lipinski definition) is 3. The van der Waals surface area contributed by atoms with Crippen LogP contribution >= 0.6 is 0 Å². The Bertz CT molecular complexity index is 470. The average Bonchev–Trinajstić information content (AvgIpc) is 2.68. The second-order valence-corrected chi connectivity index (χ2v) is 6.37. The van der Waals surface area contributed by atoms with Crippen LogP contribution in [-0.4, -0.2) is 19.1 Å². The van der Waals surface area contributed by atoms with Crippen molar-refractivity contribution in [1.29, 1.82) is 0 Å². The quantitative estimate of drug-likeness (QED) is 0.664. The number of rotatable bonds is 5. The van der Waals surface area contributed by atoms with Gasteiger partial charge in [-0.05, 0) is 42.7 Å². The van der Waals surface area contributed by atoms with Crippen molar-refractivity contribution in [3.05, 3.63) is 35.4 Å². The summed E-state index contributed by atoms with van der Waals surface area (Å²) in [5.74, 6) is 0.313. The zero-order valence-electron chi connectivity index (χ0n) is 13.4. The minimum absolute atomic E-state index is 0.148. The Morgan fingerprint density at radius 3 is 2.81 bits per heavy atom. The van der Waals surface area contributed by atoms with E-state index in [9.17, 15) is 4.79 Å². The van der Waals surface area contributed by atoms with Crippen molar-refractivity contribution < 1.29 is 9.53 Å². The van der Waals surface area contributed by atoms with E-state index in [-0.39, 0.29) is 18.1 Å². The second-order valence-electron chi connectivity index (χ2n) is 6.37.